The van der Waals surface area contributed by atoms with Gasteiger partial charge in [0.15, 0.2) is 0 Å². The molecule has 8 heteroatoms. The number of hydrogen-bond acceptors (Lipinski definition) is 8. The number of nitrogens with zero attached hydrogens (tertiary/aromatic N) is 3. The summed E-state index contributed by atoms with van der Waals surface area (Å²) >= 11 is 0. The van der Waals surface area contributed by atoms with E-state index < -0.39 is 12.2 Å². The Morgan fingerprint density at radius 3 is 1.16 bits per heavy atom. The van der Waals surface area contributed by atoms with Gasteiger partial charge in [0.2, 0.25) is 0 Å². The van der Waals surface area contributed by atoms with E-state index in [2.05, 4.69) is 21.6 Å². The zero-order valence-electron chi connectivity index (χ0n) is 22.4. The Morgan fingerprint density at radius 2 is 0.781 bits per heavy atom. The molecule has 0 aliphatic heterocycles. The SMILES string of the molecule is CC.CCN(CCCCN(CCCN(CC(C)O)CC(C)O)CC(C)O)CC(C)O.CO. The van der Waals surface area contributed by atoms with Gasteiger partial charge in [0, 0.05) is 33.3 Å². The van der Waals surface area contributed by atoms with Crippen LogP contribution < -0.4 is 0 Å². The zero-order valence-corrected chi connectivity index (χ0v) is 22.4. The van der Waals surface area contributed by atoms with Crippen LogP contribution >= 0.6 is 0 Å². The first-order valence-corrected chi connectivity index (χ1v) is 12.5. The average molecular weight is 468 g/mol. The van der Waals surface area contributed by atoms with Crippen molar-refractivity contribution in [2.45, 2.75) is 92.1 Å². The molecule has 4 unspecified atom stereocenters. The monoisotopic (exact) mass is 467 g/mol. The highest BCUT2D eigenvalue weighted by molar-refractivity contribution is 4.68. The van der Waals surface area contributed by atoms with Gasteiger partial charge in [-0.05, 0) is 79.7 Å². The summed E-state index contributed by atoms with van der Waals surface area (Å²) in [6, 6.07) is 0. The number of aliphatic hydroxyl groups excluding tert-OH is 5. The van der Waals surface area contributed by atoms with Gasteiger partial charge in [-0.25, -0.2) is 0 Å². The van der Waals surface area contributed by atoms with Crippen LogP contribution in [0.5, 0.6) is 0 Å². The van der Waals surface area contributed by atoms with Crippen molar-refractivity contribution in [2.75, 3.05) is 66.0 Å². The second-order valence-electron chi connectivity index (χ2n) is 8.41. The van der Waals surface area contributed by atoms with E-state index in [1.165, 1.54) is 0 Å². The van der Waals surface area contributed by atoms with Crippen molar-refractivity contribution < 1.29 is 25.5 Å². The Kier molecular flexibility index (Phi) is 28.7. The maximum atomic E-state index is 9.80. The average Bonchev–Trinajstić information content (AvgIpc) is 2.71. The van der Waals surface area contributed by atoms with E-state index in [4.69, 9.17) is 5.11 Å². The van der Waals surface area contributed by atoms with E-state index in [1.807, 2.05) is 27.7 Å². The van der Waals surface area contributed by atoms with E-state index in [9.17, 15) is 20.4 Å². The summed E-state index contributed by atoms with van der Waals surface area (Å²) in [6.07, 6.45) is 1.62. The lowest BCUT2D eigenvalue weighted by molar-refractivity contribution is 0.0775. The predicted molar refractivity (Wildman–Crippen MR) is 135 cm³/mol. The van der Waals surface area contributed by atoms with E-state index in [1.54, 1.807) is 13.8 Å². The maximum absolute atomic E-state index is 9.80. The van der Waals surface area contributed by atoms with E-state index >= 15 is 0 Å². The molecule has 0 bridgehead atoms. The normalized spacial score (nSPS) is 15.0. The minimum atomic E-state index is -0.407. The van der Waals surface area contributed by atoms with Gasteiger partial charge in [-0.3, -0.25) is 4.90 Å². The van der Waals surface area contributed by atoms with Crippen LogP contribution in [0.2, 0.25) is 0 Å². The Bertz CT molecular complexity index is 349. The molecule has 8 nitrogen and oxygen atoms in total. The molecule has 0 rings (SSSR count). The van der Waals surface area contributed by atoms with E-state index in [0.29, 0.717) is 19.6 Å². The molecule has 4 atom stereocenters. The smallest absolute Gasteiger partial charge is 0.0639 e. The zero-order chi connectivity index (χ0) is 25.5. The molecule has 0 spiro atoms. The highest BCUT2D eigenvalue weighted by Crippen LogP contribution is 2.04. The van der Waals surface area contributed by atoms with Crippen molar-refractivity contribution in [3.8, 4) is 0 Å². The summed E-state index contributed by atoms with van der Waals surface area (Å²) < 4.78 is 0. The van der Waals surface area contributed by atoms with Crippen molar-refractivity contribution in [3.63, 3.8) is 0 Å². The highest BCUT2D eigenvalue weighted by atomic mass is 16.3. The number of aliphatic hydroxyl groups is 5. The maximum Gasteiger partial charge on any atom is 0.0639 e. The first kappa shape index (κ1) is 36.3. The molecular formula is C24H57N3O5. The first-order valence-electron chi connectivity index (χ1n) is 12.5. The fourth-order valence-electron chi connectivity index (χ4n) is 3.61. The Morgan fingerprint density at radius 1 is 0.500 bits per heavy atom. The molecule has 0 fully saturated rings. The summed E-state index contributed by atoms with van der Waals surface area (Å²) in [5.74, 6) is 0. The summed E-state index contributed by atoms with van der Waals surface area (Å²) in [5.41, 5.74) is 0. The molecule has 0 heterocycles. The van der Waals surface area contributed by atoms with Crippen LogP contribution in [-0.2, 0) is 0 Å². The molecule has 0 aromatic rings. The third kappa shape index (κ3) is 25.9. The van der Waals surface area contributed by atoms with Gasteiger partial charge in [0.1, 0.15) is 0 Å². The van der Waals surface area contributed by atoms with Gasteiger partial charge in [0.05, 0.1) is 24.4 Å². The summed E-state index contributed by atoms with van der Waals surface area (Å²) in [5, 5.41) is 45.6. The second-order valence-corrected chi connectivity index (χ2v) is 8.41. The standard InChI is InChI=1S/C21H47N3O4.C2H6.CH4O/c1-6-22(14-18(2)25)10-7-8-11-23(15-19(3)26)12-9-13-24(16-20(4)27)17-21(5)28;2*1-2/h18-21,25-28H,6-17H2,1-5H3;1-2H3;2H,1H3. The molecule has 0 amide bonds. The van der Waals surface area contributed by atoms with Crippen molar-refractivity contribution in [3.05, 3.63) is 0 Å². The number of rotatable bonds is 18. The van der Waals surface area contributed by atoms with Gasteiger partial charge in [-0.1, -0.05) is 20.8 Å². The van der Waals surface area contributed by atoms with Crippen LogP contribution in [-0.4, -0.2) is 131 Å². The molecular weight excluding hydrogens is 410 g/mol. The molecule has 0 radical (unpaired) electrons. The molecule has 0 saturated carbocycles. The van der Waals surface area contributed by atoms with Gasteiger partial charge in [-0.2, -0.15) is 0 Å². The largest absolute Gasteiger partial charge is 0.400 e. The van der Waals surface area contributed by atoms with Gasteiger partial charge in [-0.15, -0.1) is 0 Å². The lowest BCUT2D eigenvalue weighted by atomic mass is 10.2. The lowest BCUT2D eigenvalue weighted by Gasteiger charge is -2.28. The van der Waals surface area contributed by atoms with Crippen LogP contribution in [0, 0.1) is 0 Å². The quantitative estimate of drug-likeness (QED) is 0.192. The molecule has 0 aliphatic carbocycles. The fourth-order valence-corrected chi connectivity index (χ4v) is 3.61. The van der Waals surface area contributed by atoms with Crippen LogP contribution in [0.3, 0.4) is 0 Å². The van der Waals surface area contributed by atoms with Gasteiger partial charge >= 0.3 is 0 Å². The highest BCUT2D eigenvalue weighted by Gasteiger charge is 2.13. The minimum absolute atomic E-state index is 0.294. The van der Waals surface area contributed by atoms with Crippen LogP contribution in [0.15, 0.2) is 0 Å². The van der Waals surface area contributed by atoms with Crippen molar-refractivity contribution >= 4 is 0 Å². The summed E-state index contributed by atoms with van der Waals surface area (Å²) in [6.45, 7) is 20.4. The topological polar surface area (TPSA) is 111 Å². The third-order valence-electron chi connectivity index (χ3n) is 4.68. The number of likely N-dealkylation sites (N-methyl/N-ethyl adjacent to an activating group) is 1. The molecule has 198 valence electrons. The summed E-state index contributed by atoms with van der Waals surface area (Å²) in [7, 11) is 1.00. The Hall–Kier alpha value is -0.320. The lowest BCUT2D eigenvalue weighted by Crippen LogP contribution is -2.39. The fraction of sp³-hybridized carbons (Fsp3) is 1.00. The first-order chi connectivity index (χ1) is 15.1. The van der Waals surface area contributed by atoms with Crippen LogP contribution in [0.1, 0.15) is 67.7 Å². The molecule has 5 N–H and O–H groups in total. The van der Waals surface area contributed by atoms with E-state index in [0.717, 1.165) is 65.6 Å². The number of unbranched alkanes of at least 4 members (excludes halogenated alkanes) is 1. The second kappa shape index (κ2) is 25.3. The molecule has 0 saturated heterocycles. The van der Waals surface area contributed by atoms with Crippen LogP contribution in [0.4, 0.5) is 0 Å². The molecule has 32 heavy (non-hydrogen) atoms. The molecule has 0 aromatic heterocycles. The van der Waals surface area contributed by atoms with Crippen LogP contribution in [0.25, 0.3) is 0 Å². The van der Waals surface area contributed by atoms with Crippen molar-refractivity contribution in [1.82, 2.24) is 14.7 Å². The van der Waals surface area contributed by atoms with E-state index in [-0.39, 0.29) is 12.2 Å². The number of hydrogen-bond donors (Lipinski definition) is 5. The van der Waals surface area contributed by atoms with Gasteiger partial charge < -0.3 is 35.3 Å². The molecule has 0 aromatic carbocycles. The minimum Gasteiger partial charge on any atom is -0.400 e. The Balaban J connectivity index is -0.00000198. The molecule has 0 aliphatic rings. The third-order valence-corrected chi connectivity index (χ3v) is 4.68. The summed E-state index contributed by atoms with van der Waals surface area (Å²) in [4.78, 5) is 6.68. The van der Waals surface area contributed by atoms with Crippen molar-refractivity contribution in [1.29, 1.82) is 0 Å². The predicted octanol–water partition coefficient (Wildman–Crippen LogP) is 1.24. The van der Waals surface area contributed by atoms with Crippen molar-refractivity contribution in [2.24, 2.45) is 0 Å². The Labute approximate surface area is 198 Å². The van der Waals surface area contributed by atoms with Gasteiger partial charge in [0.25, 0.3) is 0 Å².